The van der Waals surface area contributed by atoms with Crippen LogP contribution in [0, 0.1) is 18.3 Å². The van der Waals surface area contributed by atoms with Gasteiger partial charge in [-0.15, -0.1) is 0 Å². The molecule has 1 amide bonds. The third kappa shape index (κ3) is 5.01. The van der Waals surface area contributed by atoms with Crippen molar-refractivity contribution in [3.63, 3.8) is 0 Å². The van der Waals surface area contributed by atoms with Crippen molar-refractivity contribution in [3.05, 3.63) is 29.8 Å². The Morgan fingerprint density at radius 3 is 2.37 bits per heavy atom. The first-order chi connectivity index (χ1) is 8.83. The molecule has 102 valence electrons. The maximum absolute atomic E-state index is 12.1. The zero-order chi connectivity index (χ0) is 14.5. The van der Waals surface area contributed by atoms with Crippen LogP contribution in [0.5, 0.6) is 0 Å². The largest absolute Gasteiger partial charge is 0.443 e. The van der Waals surface area contributed by atoms with Crippen LogP contribution in [0.3, 0.4) is 0 Å². The van der Waals surface area contributed by atoms with Gasteiger partial charge in [-0.25, -0.2) is 4.79 Å². The summed E-state index contributed by atoms with van der Waals surface area (Å²) in [5.41, 5.74) is 1.32. The number of rotatable bonds is 3. The summed E-state index contributed by atoms with van der Waals surface area (Å²) >= 11 is 0. The van der Waals surface area contributed by atoms with E-state index in [9.17, 15) is 4.79 Å². The number of benzene rings is 1. The zero-order valence-electron chi connectivity index (χ0n) is 11.9. The molecule has 0 aliphatic heterocycles. The molecule has 0 bridgehead atoms. The van der Waals surface area contributed by atoms with Gasteiger partial charge in [-0.05, 0) is 39.8 Å². The summed E-state index contributed by atoms with van der Waals surface area (Å²) in [5, 5.41) is 8.69. The number of carbonyl (C=O) groups is 1. The summed E-state index contributed by atoms with van der Waals surface area (Å²) in [5.74, 6) is 0. The fourth-order valence-corrected chi connectivity index (χ4v) is 1.53. The van der Waals surface area contributed by atoms with Gasteiger partial charge in [-0.1, -0.05) is 17.7 Å². The quantitative estimate of drug-likeness (QED) is 0.833. The van der Waals surface area contributed by atoms with E-state index in [1.54, 1.807) is 0 Å². The van der Waals surface area contributed by atoms with E-state index in [1.807, 2.05) is 58.0 Å². The van der Waals surface area contributed by atoms with Crippen LogP contribution in [-0.2, 0) is 4.74 Å². The summed E-state index contributed by atoms with van der Waals surface area (Å²) in [6, 6.07) is 9.62. The number of hydrogen-bond donors (Lipinski definition) is 0. The molecule has 1 aromatic carbocycles. The van der Waals surface area contributed by atoms with Gasteiger partial charge < -0.3 is 4.74 Å². The van der Waals surface area contributed by atoms with Gasteiger partial charge in [0.15, 0.2) is 0 Å². The normalized spacial score (nSPS) is 10.7. The maximum Gasteiger partial charge on any atom is 0.414 e. The smallest absolute Gasteiger partial charge is 0.414 e. The standard InChI is InChI=1S/C15H20N2O2/c1-12-6-8-13(9-7-12)17(11-5-10-16)14(18)19-15(2,3)4/h6-9H,5,11H2,1-4H3. The van der Waals surface area contributed by atoms with Crippen LogP contribution in [-0.4, -0.2) is 18.2 Å². The van der Waals surface area contributed by atoms with Crippen molar-refractivity contribution in [1.82, 2.24) is 0 Å². The predicted octanol–water partition coefficient (Wildman–Crippen LogP) is 3.65. The predicted molar refractivity (Wildman–Crippen MR) is 75.0 cm³/mol. The second-order valence-corrected chi connectivity index (χ2v) is 5.38. The van der Waals surface area contributed by atoms with Crippen LogP contribution >= 0.6 is 0 Å². The molecule has 19 heavy (non-hydrogen) atoms. The number of aryl methyl sites for hydroxylation is 1. The molecule has 4 nitrogen and oxygen atoms in total. The molecule has 0 unspecified atom stereocenters. The molecule has 0 aliphatic carbocycles. The van der Waals surface area contributed by atoms with Crippen LogP contribution in [0.4, 0.5) is 10.5 Å². The molecule has 1 rings (SSSR count). The Hall–Kier alpha value is -2.02. The van der Waals surface area contributed by atoms with Gasteiger partial charge in [0.2, 0.25) is 0 Å². The molecule has 0 saturated carbocycles. The van der Waals surface area contributed by atoms with E-state index < -0.39 is 11.7 Å². The SMILES string of the molecule is Cc1ccc(N(CCC#N)C(=O)OC(C)(C)C)cc1. The summed E-state index contributed by atoms with van der Waals surface area (Å²) in [7, 11) is 0. The second kappa shape index (κ2) is 6.24. The minimum atomic E-state index is -0.549. The van der Waals surface area contributed by atoms with Crippen molar-refractivity contribution < 1.29 is 9.53 Å². The van der Waals surface area contributed by atoms with E-state index >= 15 is 0 Å². The van der Waals surface area contributed by atoms with E-state index in [0.717, 1.165) is 11.3 Å². The number of nitriles is 1. The average molecular weight is 260 g/mol. The van der Waals surface area contributed by atoms with Crippen LogP contribution in [0.15, 0.2) is 24.3 Å². The first-order valence-electron chi connectivity index (χ1n) is 6.27. The van der Waals surface area contributed by atoms with E-state index in [2.05, 4.69) is 0 Å². The third-order valence-electron chi connectivity index (χ3n) is 2.41. The lowest BCUT2D eigenvalue weighted by atomic mass is 10.2. The Kier molecular flexibility index (Phi) is 4.94. The summed E-state index contributed by atoms with van der Waals surface area (Å²) in [6.45, 7) is 7.78. The molecule has 1 aromatic rings. The lowest BCUT2D eigenvalue weighted by Gasteiger charge is -2.27. The molecule has 0 radical (unpaired) electrons. The van der Waals surface area contributed by atoms with Crippen molar-refractivity contribution in [3.8, 4) is 6.07 Å². The van der Waals surface area contributed by atoms with Crippen LogP contribution in [0.25, 0.3) is 0 Å². The fraction of sp³-hybridized carbons (Fsp3) is 0.467. The second-order valence-electron chi connectivity index (χ2n) is 5.38. The van der Waals surface area contributed by atoms with Gasteiger partial charge in [0.05, 0.1) is 12.5 Å². The maximum atomic E-state index is 12.1. The first-order valence-corrected chi connectivity index (χ1v) is 6.27. The van der Waals surface area contributed by atoms with Gasteiger partial charge in [0, 0.05) is 12.2 Å². The van der Waals surface area contributed by atoms with E-state index in [1.165, 1.54) is 4.90 Å². The lowest BCUT2D eigenvalue weighted by molar-refractivity contribution is 0.0581. The van der Waals surface area contributed by atoms with Gasteiger partial charge >= 0.3 is 6.09 Å². The molecular formula is C15H20N2O2. The van der Waals surface area contributed by atoms with Crippen molar-refractivity contribution >= 4 is 11.8 Å². The highest BCUT2D eigenvalue weighted by molar-refractivity contribution is 5.87. The number of hydrogen-bond acceptors (Lipinski definition) is 3. The number of ether oxygens (including phenoxy) is 1. The van der Waals surface area contributed by atoms with Crippen LogP contribution in [0.2, 0.25) is 0 Å². The minimum absolute atomic E-state index is 0.271. The Morgan fingerprint density at radius 2 is 1.89 bits per heavy atom. The minimum Gasteiger partial charge on any atom is -0.443 e. The molecule has 0 fully saturated rings. The number of amides is 1. The summed E-state index contributed by atoms with van der Waals surface area (Å²) < 4.78 is 5.36. The molecule has 0 heterocycles. The van der Waals surface area contributed by atoms with Crippen molar-refractivity contribution in [2.45, 2.75) is 39.7 Å². The van der Waals surface area contributed by atoms with E-state index in [-0.39, 0.29) is 6.42 Å². The van der Waals surface area contributed by atoms with Gasteiger partial charge in [0.25, 0.3) is 0 Å². The molecule has 0 atom stereocenters. The Balaban J connectivity index is 2.91. The summed E-state index contributed by atoms with van der Waals surface area (Å²) in [4.78, 5) is 13.6. The van der Waals surface area contributed by atoms with Gasteiger partial charge in [0.1, 0.15) is 5.60 Å². The highest BCUT2D eigenvalue weighted by Crippen LogP contribution is 2.19. The van der Waals surface area contributed by atoms with Crippen molar-refractivity contribution in [2.24, 2.45) is 0 Å². The first kappa shape index (κ1) is 15.0. The fourth-order valence-electron chi connectivity index (χ4n) is 1.53. The molecule has 0 spiro atoms. The zero-order valence-corrected chi connectivity index (χ0v) is 11.9. The topological polar surface area (TPSA) is 53.3 Å². The number of nitrogens with zero attached hydrogens (tertiary/aromatic N) is 2. The van der Waals surface area contributed by atoms with Gasteiger partial charge in [-0.2, -0.15) is 5.26 Å². The lowest BCUT2D eigenvalue weighted by Crippen LogP contribution is -2.37. The highest BCUT2D eigenvalue weighted by atomic mass is 16.6. The van der Waals surface area contributed by atoms with Gasteiger partial charge in [-0.3, -0.25) is 4.90 Å². The average Bonchev–Trinajstić information content (AvgIpc) is 2.29. The van der Waals surface area contributed by atoms with E-state index in [4.69, 9.17) is 10.00 Å². The van der Waals surface area contributed by atoms with E-state index in [0.29, 0.717) is 6.54 Å². The monoisotopic (exact) mass is 260 g/mol. The molecule has 4 heteroatoms. The Morgan fingerprint density at radius 1 is 1.32 bits per heavy atom. The molecule has 0 aromatic heterocycles. The van der Waals surface area contributed by atoms with Crippen molar-refractivity contribution in [2.75, 3.05) is 11.4 Å². The van der Waals surface area contributed by atoms with Crippen LogP contribution in [0.1, 0.15) is 32.8 Å². The number of carbonyl (C=O) groups excluding carboxylic acids is 1. The summed E-state index contributed by atoms with van der Waals surface area (Å²) in [6.07, 6.45) is -0.153. The highest BCUT2D eigenvalue weighted by Gasteiger charge is 2.22. The third-order valence-corrected chi connectivity index (χ3v) is 2.41. The molecule has 0 N–H and O–H groups in total. The Labute approximate surface area is 114 Å². The Bertz CT molecular complexity index is 466. The van der Waals surface area contributed by atoms with Crippen LogP contribution < -0.4 is 4.90 Å². The van der Waals surface area contributed by atoms with Crippen molar-refractivity contribution in [1.29, 1.82) is 5.26 Å². The molecule has 0 saturated heterocycles. The molecular weight excluding hydrogens is 240 g/mol. The molecule has 0 aliphatic rings. The number of anilines is 1.